The predicted octanol–water partition coefficient (Wildman–Crippen LogP) is 2.51. The number of anilines is 1. The second-order valence-corrected chi connectivity index (χ2v) is 9.01. The van der Waals surface area contributed by atoms with Crippen LogP contribution in [0.25, 0.3) is 0 Å². The highest BCUT2D eigenvalue weighted by atomic mass is 32.2. The van der Waals surface area contributed by atoms with E-state index in [1.165, 1.54) is 17.5 Å². The van der Waals surface area contributed by atoms with Crippen LogP contribution < -0.4 is 10.1 Å². The number of sulfonamides is 1. The van der Waals surface area contributed by atoms with Crippen molar-refractivity contribution in [3.05, 3.63) is 53.1 Å². The molecule has 156 valence electrons. The molecule has 1 N–H and O–H groups in total. The van der Waals surface area contributed by atoms with E-state index in [0.29, 0.717) is 31.9 Å². The average molecular weight is 419 g/mol. The molecule has 1 aliphatic heterocycles. The van der Waals surface area contributed by atoms with Gasteiger partial charge in [-0.2, -0.15) is 4.31 Å². The fraction of sp³-hybridized carbons (Fsp3) is 0.381. The highest BCUT2D eigenvalue weighted by Gasteiger charge is 2.29. The van der Waals surface area contributed by atoms with Gasteiger partial charge in [0.1, 0.15) is 10.6 Å². The lowest BCUT2D eigenvalue weighted by molar-refractivity contribution is -0.115. The Morgan fingerprint density at radius 3 is 2.38 bits per heavy atom. The quantitative estimate of drug-likeness (QED) is 0.779. The van der Waals surface area contributed by atoms with Crippen molar-refractivity contribution in [3.8, 4) is 5.75 Å². The van der Waals surface area contributed by atoms with E-state index >= 15 is 0 Å². The van der Waals surface area contributed by atoms with Crippen LogP contribution in [-0.2, 0) is 26.0 Å². The van der Waals surface area contributed by atoms with Gasteiger partial charge in [-0.25, -0.2) is 8.42 Å². The van der Waals surface area contributed by atoms with Gasteiger partial charge in [-0.1, -0.05) is 12.1 Å². The maximum atomic E-state index is 13.1. The summed E-state index contributed by atoms with van der Waals surface area (Å²) in [6, 6.07) is 10.6. The van der Waals surface area contributed by atoms with Crippen LogP contribution >= 0.6 is 0 Å². The van der Waals surface area contributed by atoms with Crippen molar-refractivity contribution < 1.29 is 22.7 Å². The molecule has 1 fully saturated rings. The van der Waals surface area contributed by atoms with E-state index in [1.807, 2.05) is 32.0 Å². The van der Waals surface area contributed by atoms with Gasteiger partial charge < -0.3 is 14.8 Å². The Morgan fingerprint density at radius 1 is 1.10 bits per heavy atom. The van der Waals surface area contributed by atoms with Gasteiger partial charge in [0.2, 0.25) is 15.9 Å². The molecular weight excluding hydrogens is 392 g/mol. The zero-order valence-corrected chi connectivity index (χ0v) is 17.7. The summed E-state index contributed by atoms with van der Waals surface area (Å²) < 4.78 is 38.0. The summed E-state index contributed by atoms with van der Waals surface area (Å²) >= 11 is 0. The summed E-state index contributed by atoms with van der Waals surface area (Å²) in [5.74, 6) is 0.0462. The van der Waals surface area contributed by atoms with Gasteiger partial charge in [0, 0.05) is 18.8 Å². The molecule has 1 heterocycles. The number of methoxy groups -OCH3 is 1. The Balaban J connectivity index is 1.81. The van der Waals surface area contributed by atoms with Gasteiger partial charge in [0.15, 0.2) is 0 Å². The van der Waals surface area contributed by atoms with Crippen molar-refractivity contribution >= 4 is 21.6 Å². The van der Waals surface area contributed by atoms with Crippen molar-refractivity contribution in [1.29, 1.82) is 0 Å². The molecule has 2 aromatic rings. The molecule has 0 atom stereocenters. The number of morpholine rings is 1. The van der Waals surface area contributed by atoms with Crippen LogP contribution in [0.1, 0.15) is 16.7 Å². The summed E-state index contributed by atoms with van der Waals surface area (Å²) in [6.45, 7) is 5.24. The molecule has 0 saturated carbocycles. The lowest BCUT2D eigenvalue weighted by Gasteiger charge is -2.26. The molecular formula is C21H26N2O5S. The minimum atomic E-state index is -3.74. The minimum absolute atomic E-state index is 0.0581. The number of hydrogen-bond acceptors (Lipinski definition) is 5. The van der Waals surface area contributed by atoms with E-state index in [9.17, 15) is 13.2 Å². The number of aryl methyl sites for hydroxylation is 2. The van der Waals surface area contributed by atoms with Crippen LogP contribution in [0.5, 0.6) is 5.75 Å². The van der Waals surface area contributed by atoms with Crippen molar-refractivity contribution in [3.63, 3.8) is 0 Å². The fourth-order valence-electron chi connectivity index (χ4n) is 3.40. The molecule has 0 spiro atoms. The maximum absolute atomic E-state index is 13.1. The van der Waals surface area contributed by atoms with Gasteiger partial charge in [-0.3, -0.25) is 4.79 Å². The molecule has 1 saturated heterocycles. The third-order valence-corrected chi connectivity index (χ3v) is 6.61. The summed E-state index contributed by atoms with van der Waals surface area (Å²) in [5, 5.41) is 2.88. The molecule has 0 bridgehead atoms. The SMILES string of the molecule is COc1ccc(CC(=O)Nc2cc(C)cc(C)c2)cc1S(=O)(=O)N1CCOCC1. The molecule has 1 amide bonds. The second-order valence-electron chi connectivity index (χ2n) is 7.10. The van der Waals surface area contributed by atoms with E-state index in [2.05, 4.69) is 5.32 Å². The number of rotatable bonds is 6. The highest BCUT2D eigenvalue weighted by molar-refractivity contribution is 7.89. The largest absolute Gasteiger partial charge is 0.495 e. The normalized spacial score (nSPS) is 15.1. The number of benzene rings is 2. The van der Waals surface area contributed by atoms with Crippen LogP contribution in [-0.4, -0.2) is 52.0 Å². The first kappa shape index (κ1) is 21.3. The first-order chi connectivity index (χ1) is 13.8. The Morgan fingerprint density at radius 2 is 1.76 bits per heavy atom. The van der Waals surface area contributed by atoms with Crippen LogP contribution in [0.2, 0.25) is 0 Å². The molecule has 0 aliphatic carbocycles. The summed E-state index contributed by atoms with van der Waals surface area (Å²) in [4.78, 5) is 12.6. The molecule has 0 radical (unpaired) electrons. The number of carbonyl (C=O) groups is 1. The Kier molecular flexibility index (Phi) is 6.56. The van der Waals surface area contributed by atoms with Crippen molar-refractivity contribution in [2.75, 3.05) is 38.7 Å². The lowest BCUT2D eigenvalue weighted by atomic mass is 10.1. The Bertz CT molecular complexity index is 978. The van der Waals surface area contributed by atoms with Gasteiger partial charge in [0.05, 0.1) is 26.7 Å². The first-order valence-electron chi connectivity index (χ1n) is 9.42. The van der Waals surface area contributed by atoms with Crippen LogP contribution in [0.3, 0.4) is 0 Å². The molecule has 7 nitrogen and oxygen atoms in total. The molecule has 3 rings (SSSR count). The minimum Gasteiger partial charge on any atom is -0.495 e. The van der Waals surface area contributed by atoms with Crippen molar-refractivity contribution in [1.82, 2.24) is 4.31 Å². The van der Waals surface area contributed by atoms with Crippen molar-refractivity contribution in [2.24, 2.45) is 0 Å². The Labute approximate surface area is 171 Å². The average Bonchev–Trinajstić information content (AvgIpc) is 2.67. The first-order valence-corrected chi connectivity index (χ1v) is 10.9. The lowest BCUT2D eigenvalue weighted by Crippen LogP contribution is -2.40. The zero-order valence-electron chi connectivity index (χ0n) is 16.9. The van der Waals surface area contributed by atoms with E-state index in [1.54, 1.807) is 12.1 Å². The summed E-state index contributed by atoms with van der Waals surface area (Å²) in [6.07, 6.45) is 0.0581. The van der Waals surface area contributed by atoms with E-state index in [-0.39, 0.29) is 23.0 Å². The zero-order chi connectivity index (χ0) is 21.0. The standard InChI is InChI=1S/C21H26N2O5S/c1-15-10-16(2)12-18(11-15)22-21(24)14-17-4-5-19(27-3)20(13-17)29(25,26)23-6-8-28-9-7-23/h4-5,10-13H,6-9,14H2,1-3H3,(H,22,24). The number of nitrogens with one attached hydrogen (secondary N) is 1. The maximum Gasteiger partial charge on any atom is 0.246 e. The van der Waals surface area contributed by atoms with E-state index in [4.69, 9.17) is 9.47 Å². The van der Waals surface area contributed by atoms with Crippen LogP contribution in [0, 0.1) is 13.8 Å². The molecule has 1 aliphatic rings. The van der Waals surface area contributed by atoms with Gasteiger partial charge in [-0.05, 0) is 54.8 Å². The predicted molar refractivity (Wildman–Crippen MR) is 111 cm³/mol. The fourth-order valence-corrected chi connectivity index (χ4v) is 5.01. The monoisotopic (exact) mass is 418 g/mol. The Hall–Kier alpha value is -2.42. The number of hydrogen-bond donors (Lipinski definition) is 1. The third kappa shape index (κ3) is 5.14. The van der Waals surface area contributed by atoms with Crippen molar-refractivity contribution in [2.45, 2.75) is 25.2 Å². The van der Waals surface area contributed by atoms with Gasteiger partial charge in [0.25, 0.3) is 0 Å². The van der Waals surface area contributed by atoms with Gasteiger partial charge in [-0.15, -0.1) is 0 Å². The number of carbonyl (C=O) groups excluding carboxylic acids is 1. The van der Waals surface area contributed by atoms with Crippen LogP contribution in [0.4, 0.5) is 5.69 Å². The van der Waals surface area contributed by atoms with E-state index in [0.717, 1.165) is 16.8 Å². The van der Waals surface area contributed by atoms with E-state index < -0.39 is 10.0 Å². The topological polar surface area (TPSA) is 84.9 Å². The number of amides is 1. The molecule has 0 unspecified atom stereocenters. The third-order valence-electron chi connectivity index (χ3n) is 4.69. The van der Waals surface area contributed by atoms with Gasteiger partial charge >= 0.3 is 0 Å². The molecule has 2 aromatic carbocycles. The second kappa shape index (κ2) is 8.94. The summed E-state index contributed by atoms with van der Waals surface area (Å²) in [5.41, 5.74) is 3.44. The highest BCUT2D eigenvalue weighted by Crippen LogP contribution is 2.28. The molecule has 0 aromatic heterocycles. The smallest absolute Gasteiger partial charge is 0.246 e. The van der Waals surface area contributed by atoms with Crippen LogP contribution in [0.15, 0.2) is 41.3 Å². The number of nitrogens with zero attached hydrogens (tertiary/aromatic N) is 1. The summed E-state index contributed by atoms with van der Waals surface area (Å²) in [7, 11) is -2.31. The molecule has 29 heavy (non-hydrogen) atoms. The number of ether oxygens (including phenoxy) is 2. The molecule has 8 heteroatoms.